The van der Waals surface area contributed by atoms with E-state index in [-0.39, 0.29) is 17.8 Å². The molecule has 0 atom stereocenters. The molecule has 3 heterocycles. The molecule has 0 unspecified atom stereocenters. The summed E-state index contributed by atoms with van der Waals surface area (Å²) in [5.74, 6) is -0.522. The van der Waals surface area contributed by atoms with E-state index in [0.717, 1.165) is 16.8 Å². The lowest BCUT2D eigenvalue weighted by Gasteiger charge is -2.31. The summed E-state index contributed by atoms with van der Waals surface area (Å²) in [5.41, 5.74) is 3.98. The molecule has 0 aliphatic carbocycles. The van der Waals surface area contributed by atoms with Gasteiger partial charge in [0.2, 0.25) is 0 Å². The second kappa shape index (κ2) is 9.88. The van der Waals surface area contributed by atoms with E-state index in [9.17, 15) is 9.59 Å². The van der Waals surface area contributed by atoms with Gasteiger partial charge in [-0.05, 0) is 31.9 Å². The molecule has 2 aromatic heterocycles. The number of piperidine rings is 1. The zero-order valence-corrected chi connectivity index (χ0v) is 20.1. The number of carbonyl (C=O) groups excluding carboxylic acids is 2. The van der Waals surface area contributed by atoms with Gasteiger partial charge in [0.1, 0.15) is 5.69 Å². The van der Waals surface area contributed by atoms with Crippen molar-refractivity contribution in [2.75, 3.05) is 19.7 Å². The number of nitrogens with zero attached hydrogens (tertiary/aromatic N) is 4. The lowest BCUT2D eigenvalue weighted by Crippen LogP contribution is -2.41. The first kappa shape index (κ1) is 23.1. The first-order valence-corrected chi connectivity index (χ1v) is 12.1. The molecule has 8 heteroatoms. The molecule has 178 valence electrons. The number of carbonyl (C=O) groups is 2. The molecule has 0 radical (unpaired) electrons. The fourth-order valence-corrected chi connectivity index (χ4v) is 4.66. The predicted molar refractivity (Wildman–Crippen MR) is 134 cm³/mol. The summed E-state index contributed by atoms with van der Waals surface area (Å²) in [6.45, 7) is 3.11. The van der Waals surface area contributed by atoms with Crippen LogP contribution in [0.4, 0.5) is 0 Å². The first-order valence-electron chi connectivity index (χ1n) is 11.7. The fourth-order valence-electron chi connectivity index (χ4n) is 4.42. The van der Waals surface area contributed by atoms with Crippen molar-refractivity contribution in [3.8, 4) is 22.5 Å². The smallest absolute Gasteiger partial charge is 0.309 e. The van der Waals surface area contributed by atoms with Gasteiger partial charge in [-0.3, -0.25) is 9.59 Å². The summed E-state index contributed by atoms with van der Waals surface area (Å²) in [5, 5.41) is 5.28. The van der Waals surface area contributed by atoms with Gasteiger partial charge in [-0.15, -0.1) is 0 Å². The van der Waals surface area contributed by atoms with Gasteiger partial charge in [0.25, 0.3) is 5.91 Å². The van der Waals surface area contributed by atoms with Crippen LogP contribution < -0.4 is 0 Å². The van der Waals surface area contributed by atoms with E-state index in [1.165, 1.54) is 0 Å². The third kappa shape index (κ3) is 4.64. The van der Waals surface area contributed by atoms with Crippen LogP contribution in [0.1, 0.15) is 30.3 Å². The number of halogens is 1. The zero-order chi connectivity index (χ0) is 24.4. The Morgan fingerprint density at radius 3 is 2.43 bits per heavy atom. The molecule has 7 nitrogen and oxygen atoms in total. The second-order valence-electron chi connectivity index (χ2n) is 8.49. The molecule has 35 heavy (non-hydrogen) atoms. The molecule has 0 saturated carbocycles. The van der Waals surface area contributed by atoms with Crippen LogP contribution in [0.5, 0.6) is 0 Å². The molecule has 0 N–H and O–H groups in total. The SMILES string of the molecule is CCOC(=O)C1CCN(C(=O)c2cc(-c3ccccc3Cl)nc3cc(-c4ccccc4)nn23)CC1. The number of hydrogen-bond acceptors (Lipinski definition) is 5. The Morgan fingerprint density at radius 2 is 1.71 bits per heavy atom. The quantitative estimate of drug-likeness (QED) is 0.364. The molecule has 1 aliphatic rings. The van der Waals surface area contributed by atoms with Gasteiger partial charge in [0.05, 0.1) is 23.9 Å². The summed E-state index contributed by atoms with van der Waals surface area (Å²) >= 11 is 6.46. The summed E-state index contributed by atoms with van der Waals surface area (Å²) < 4.78 is 6.76. The highest BCUT2D eigenvalue weighted by atomic mass is 35.5. The summed E-state index contributed by atoms with van der Waals surface area (Å²) in [6, 6.07) is 20.8. The van der Waals surface area contributed by atoms with E-state index >= 15 is 0 Å². The van der Waals surface area contributed by atoms with Crippen molar-refractivity contribution < 1.29 is 14.3 Å². The molecule has 0 spiro atoms. The predicted octanol–water partition coefficient (Wildman–Crippen LogP) is 5.13. The van der Waals surface area contributed by atoms with Crippen LogP contribution in [0, 0.1) is 5.92 Å². The van der Waals surface area contributed by atoms with Gasteiger partial charge in [0, 0.05) is 35.3 Å². The van der Waals surface area contributed by atoms with Gasteiger partial charge < -0.3 is 9.64 Å². The lowest BCUT2D eigenvalue weighted by atomic mass is 9.96. The minimum Gasteiger partial charge on any atom is -0.466 e. The zero-order valence-electron chi connectivity index (χ0n) is 19.4. The van der Waals surface area contributed by atoms with Crippen LogP contribution in [0.15, 0.2) is 66.7 Å². The maximum atomic E-state index is 13.7. The van der Waals surface area contributed by atoms with Gasteiger partial charge in [-0.2, -0.15) is 5.10 Å². The van der Waals surface area contributed by atoms with Crippen molar-refractivity contribution in [3.63, 3.8) is 0 Å². The largest absolute Gasteiger partial charge is 0.466 e. The molecule has 5 rings (SSSR count). The topological polar surface area (TPSA) is 76.8 Å². The van der Waals surface area contributed by atoms with Crippen LogP contribution >= 0.6 is 11.6 Å². The highest BCUT2D eigenvalue weighted by Gasteiger charge is 2.30. The van der Waals surface area contributed by atoms with E-state index in [1.54, 1.807) is 28.5 Å². The van der Waals surface area contributed by atoms with Gasteiger partial charge in [0.15, 0.2) is 5.65 Å². The van der Waals surface area contributed by atoms with Crippen molar-refractivity contribution >= 4 is 29.1 Å². The highest BCUT2D eigenvalue weighted by molar-refractivity contribution is 6.33. The minimum absolute atomic E-state index is 0.157. The fraction of sp³-hybridized carbons (Fsp3) is 0.259. The maximum Gasteiger partial charge on any atom is 0.309 e. The second-order valence-corrected chi connectivity index (χ2v) is 8.90. The Bertz CT molecular complexity index is 1380. The summed E-state index contributed by atoms with van der Waals surface area (Å²) in [7, 11) is 0. The number of benzene rings is 2. The molecule has 1 fully saturated rings. The first-order chi connectivity index (χ1) is 17.0. The van der Waals surface area contributed by atoms with Crippen LogP contribution in [-0.2, 0) is 9.53 Å². The van der Waals surface area contributed by atoms with Gasteiger partial charge in [-0.1, -0.05) is 60.1 Å². The number of hydrogen-bond donors (Lipinski definition) is 0. The Kier molecular flexibility index (Phi) is 6.51. The Morgan fingerprint density at radius 1 is 1.00 bits per heavy atom. The Labute approximate surface area is 208 Å². The maximum absolute atomic E-state index is 13.7. The van der Waals surface area contributed by atoms with Crippen molar-refractivity contribution in [1.82, 2.24) is 19.5 Å². The number of fused-ring (bicyclic) bond motifs is 1. The molecule has 0 bridgehead atoms. The third-order valence-electron chi connectivity index (χ3n) is 6.27. The van der Waals surface area contributed by atoms with Crippen LogP contribution in [0.25, 0.3) is 28.2 Å². The van der Waals surface area contributed by atoms with E-state index in [4.69, 9.17) is 26.4 Å². The summed E-state index contributed by atoms with van der Waals surface area (Å²) in [6.07, 6.45) is 1.15. The third-order valence-corrected chi connectivity index (χ3v) is 6.60. The van der Waals surface area contributed by atoms with Crippen LogP contribution in [-0.4, -0.2) is 51.1 Å². The van der Waals surface area contributed by atoms with E-state index in [0.29, 0.717) is 54.6 Å². The normalized spacial score (nSPS) is 14.3. The van der Waals surface area contributed by atoms with Crippen LogP contribution in [0.3, 0.4) is 0 Å². The molecular weight excluding hydrogens is 464 g/mol. The molecular formula is C27H25ClN4O3. The van der Waals surface area contributed by atoms with E-state index in [2.05, 4.69) is 0 Å². The van der Waals surface area contributed by atoms with Gasteiger partial charge in [-0.25, -0.2) is 9.50 Å². The Hall–Kier alpha value is -3.71. The van der Waals surface area contributed by atoms with Crippen LogP contribution in [0.2, 0.25) is 5.02 Å². The average molecular weight is 489 g/mol. The van der Waals surface area contributed by atoms with Crippen molar-refractivity contribution in [3.05, 3.63) is 77.4 Å². The molecule has 1 saturated heterocycles. The number of rotatable bonds is 5. The van der Waals surface area contributed by atoms with Crippen molar-refractivity contribution in [1.29, 1.82) is 0 Å². The average Bonchev–Trinajstić information content (AvgIpc) is 3.33. The number of aromatic nitrogens is 3. The number of esters is 1. The van der Waals surface area contributed by atoms with Crippen molar-refractivity contribution in [2.24, 2.45) is 5.92 Å². The van der Waals surface area contributed by atoms with E-state index in [1.807, 2.05) is 54.6 Å². The van der Waals surface area contributed by atoms with E-state index < -0.39 is 0 Å². The monoisotopic (exact) mass is 488 g/mol. The van der Waals surface area contributed by atoms with Gasteiger partial charge >= 0.3 is 5.97 Å². The van der Waals surface area contributed by atoms with Crippen molar-refractivity contribution in [2.45, 2.75) is 19.8 Å². The summed E-state index contributed by atoms with van der Waals surface area (Å²) in [4.78, 5) is 32.4. The Balaban J connectivity index is 1.54. The number of likely N-dealkylation sites (tertiary alicyclic amines) is 1. The lowest BCUT2D eigenvalue weighted by molar-refractivity contribution is -0.149. The molecule has 2 aromatic carbocycles. The highest BCUT2D eigenvalue weighted by Crippen LogP contribution is 2.29. The number of amides is 1. The number of ether oxygens (including phenoxy) is 1. The molecule has 1 amide bonds. The molecule has 4 aromatic rings. The molecule has 1 aliphatic heterocycles. The minimum atomic E-state index is -0.188. The standard InChI is InChI=1S/C27H25ClN4O3/c1-2-35-27(34)19-12-14-31(15-13-19)26(33)24-16-23(20-10-6-7-11-21(20)28)29-25-17-22(30-32(24)25)18-8-4-3-5-9-18/h3-11,16-17,19H,2,12-15H2,1H3.